The van der Waals surface area contributed by atoms with E-state index in [1.165, 1.54) is 22.9 Å². The molecule has 0 aliphatic rings. The van der Waals surface area contributed by atoms with Gasteiger partial charge in [-0.05, 0) is 49.9 Å². The Morgan fingerprint density at radius 1 is 1.33 bits per heavy atom. The third kappa shape index (κ3) is 5.08. The Morgan fingerprint density at radius 3 is 2.83 bits per heavy atom. The third-order valence-electron chi connectivity index (χ3n) is 3.79. The second kappa shape index (κ2) is 8.85. The number of aryl methyl sites for hydroxylation is 2. The van der Waals surface area contributed by atoms with Gasteiger partial charge in [-0.2, -0.15) is 0 Å². The van der Waals surface area contributed by atoms with Gasteiger partial charge in [-0.3, -0.25) is 4.79 Å². The number of aliphatic hydroxyl groups excluding tert-OH is 1. The molecular weight excluding hydrogens is 320 g/mol. The molecule has 128 valence electrons. The minimum atomic E-state index is -0.125. The first-order valence-corrected chi connectivity index (χ1v) is 8.92. The number of benzene rings is 1. The Bertz CT molecular complexity index is 704. The van der Waals surface area contributed by atoms with Gasteiger partial charge in [0.25, 0.3) is 5.91 Å². The van der Waals surface area contributed by atoms with Crippen LogP contribution in [0.4, 0.5) is 0 Å². The van der Waals surface area contributed by atoms with Crippen molar-refractivity contribution in [3.63, 3.8) is 0 Å². The predicted molar refractivity (Wildman–Crippen MR) is 97.5 cm³/mol. The Hall–Kier alpha value is -1.85. The van der Waals surface area contributed by atoms with E-state index >= 15 is 0 Å². The molecule has 1 aromatic heterocycles. The number of aromatic nitrogens is 1. The van der Waals surface area contributed by atoms with E-state index in [1.807, 2.05) is 6.92 Å². The van der Waals surface area contributed by atoms with Crippen LogP contribution >= 0.6 is 11.8 Å². The van der Waals surface area contributed by atoms with Crippen molar-refractivity contribution in [3.8, 4) is 0 Å². The molecule has 2 rings (SSSR count). The molecule has 24 heavy (non-hydrogen) atoms. The van der Waals surface area contributed by atoms with Crippen molar-refractivity contribution in [2.45, 2.75) is 37.1 Å². The highest BCUT2D eigenvalue weighted by atomic mass is 32.2. The molecule has 2 aromatic rings. The maximum atomic E-state index is 12.5. The fourth-order valence-corrected chi connectivity index (χ4v) is 3.30. The average molecular weight is 344 g/mol. The van der Waals surface area contributed by atoms with Crippen molar-refractivity contribution < 1.29 is 9.90 Å². The van der Waals surface area contributed by atoms with Crippen molar-refractivity contribution in [1.29, 1.82) is 0 Å². The molecule has 0 radical (unpaired) electrons. The summed E-state index contributed by atoms with van der Waals surface area (Å²) in [4.78, 5) is 18.0. The summed E-state index contributed by atoms with van der Waals surface area (Å²) in [6.07, 6.45) is 2.38. The van der Waals surface area contributed by atoms with Gasteiger partial charge in [-0.25, -0.2) is 4.98 Å². The zero-order chi connectivity index (χ0) is 17.5. The molecule has 1 aromatic carbocycles. The summed E-state index contributed by atoms with van der Waals surface area (Å²) in [6, 6.07) is 9.83. The Labute approximate surface area is 147 Å². The van der Waals surface area contributed by atoms with Crippen LogP contribution in [0.3, 0.4) is 0 Å². The van der Waals surface area contributed by atoms with Crippen LogP contribution in [0.1, 0.15) is 34.8 Å². The molecule has 5 heteroatoms. The van der Waals surface area contributed by atoms with Gasteiger partial charge in [0, 0.05) is 24.2 Å². The van der Waals surface area contributed by atoms with Gasteiger partial charge in [0.1, 0.15) is 5.03 Å². The maximum absolute atomic E-state index is 12.5. The number of carbonyl (C=O) groups is 1. The number of carbonyl (C=O) groups excluding carboxylic acids is 1. The molecule has 2 N–H and O–H groups in total. The first-order valence-electron chi connectivity index (χ1n) is 8.10. The van der Waals surface area contributed by atoms with Crippen LogP contribution in [0.25, 0.3) is 0 Å². The highest BCUT2D eigenvalue weighted by molar-refractivity contribution is 7.99. The lowest BCUT2D eigenvalue weighted by molar-refractivity contribution is 0.0942. The van der Waals surface area contributed by atoms with Crippen molar-refractivity contribution in [2.75, 3.05) is 13.2 Å². The highest BCUT2D eigenvalue weighted by Gasteiger charge is 2.15. The summed E-state index contributed by atoms with van der Waals surface area (Å²) in [5, 5.41) is 12.6. The lowest BCUT2D eigenvalue weighted by atomic mass is 10.1. The second-order valence-corrected chi connectivity index (χ2v) is 7.09. The maximum Gasteiger partial charge on any atom is 0.254 e. The van der Waals surface area contributed by atoms with E-state index in [1.54, 1.807) is 18.3 Å². The van der Waals surface area contributed by atoms with E-state index in [2.05, 4.69) is 42.3 Å². The summed E-state index contributed by atoms with van der Waals surface area (Å²) < 4.78 is 0. The van der Waals surface area contributed by atoms with Crippen molar-refractivity contribution >= 4 is 17.7 Å². The first kappa shape index (κ1) is 18.5. The minimum Gasteiger partial charge on any atom is -0.396 e. The molecule has 1 heterocycles. The fraction of sp³-hybridized carbons (Fsp3) is 0.368. The van der Waals surface area contributed by atoms with E-state index < -0.39 is 0 Å². The zero-order valence-corrected chi connectivity index (χ0v) is 15.2. The molecule has 1 unspecified atom stereocenters. The van der Waals surface area contributed by atoms with Crippen LogP contribution in [0, 0.1) is 19.8 Å². The summed E-state index contributed by atoms with van der Waals surface area (Å²) in [5.74, 6) is 0.117. The van der Waals surface area contributed by atoms with Gasteiger partial charge in [0.15, 0.2) is 0 Å². The number of rotatable bonds is 7. The summed E-state index contributed by atoms with van der Waals surface area (Å²) in [7, 11) is 0. The lowest BCUT2D eigenvalue weighted by Gasteiger charge is -2.13. The largest absolute Gasteiger partial charge is 0.396 e. The van der Waals surface area contributed by atoms with Gasteiger partial charge in [0.05, 0.1) is 5.56 Å². The summed E-state index contributed by atoms with van der Waals surface area (Å²) in [6.45, 7) is 6.81. The van der Waals surface area contributed by atoms with E-state index in [9.17, 15) is 4.79 Å². The number of aliphatic hydroxyl groups is 1. The van der Waals surface area contributed by atoms with E-state index in [-0.39, 0.29) is 18.4 Å². The first-order chi connectivity index (χ1) is 11.5. The van der Waals surface area contributed by atoms with E-state index in [0.717, 1.165) is 4.90 Å². The van der Waals surface area contributed by atoms with Gasteiger partial charge in [0.2, 0.25) is 0 Å². The van der Waals surface area contributed by atoms with Gasteiger partial charge in [-0.1, -0.05) is 36.4 Å². The zero-order valence-electron chi connectivity index (χ0n) is 14.4. The van der Waals surface area contributed by atoms with Gasteiger partial charge in [-0.15, -0.1) is 0 Å². The molecule has 0 aliphatic carbocycles. The van der Waals surface area contributed by atoms with Crippen LogP contribution in [-0.2, 0) is 0 Å². The van der Waals surface area contributed by atoms with Crippen molar-refractivity contribution in [2.24, 2.45) is 5.92 Å². The third-order valence-corrected chi connectivity index (χ3v) is 4.98. The second-order valence-electron chi connectivity index (χ2n) is 6.05. The summed E-state index contributed by atoms with van der Waals surface area (Å²) in [5.41, 5.74) is 2.97. The average Bonchev–Trinajstić information content (AvgIpc) is 2.56. The SMILES string of the molecule is Cc1ccc(Sc2ncccc2C(=O)NCC(C)CCO)c(C)c1. The van der Waals surface area contributed by atoms with E-state index in [0.29, 0.717) is 23.6 Å². The number of hydrogen-bond donors (Lipinski definition) is 2. The topological polar surface area (TPSA) is 62.2 Å². The number of hydrogen-bond acceptors (Lipinski definition) is 4. The van der Waals surface area contributed by atoms with E-state index in [4.69, 9.17) is 5.11 Å². The molecule has 0 saturated carbocycles. The van der Waals surface area contributed by atoms with Crippen LogP contribution in [0.5, 0.6) is 0 Å². The van der Waals surface area contributed by atoms with Crippen LogP contribution in [0.15, 0.2) is 46.5 Å². The molecule has 0 spiro atoms. The minimum absolute atomic E-state index is 0.125. The monoisotopic (exact) mass is 344 g/mol. The van der Waals surface area contributed by atoms with Crippen molar-refractivity contribution in [1.82, 2.24) is 10.3 Å². The number of amides is 1. The van der Waals surface area contributed by atoms with Crippen LogP contribution in [-0.4, -0.2) is 29.1 Å². The lowest BCUT2D eigenvalue weighted by Crippen LogP contribution is -2.29. The normalized spacial score (nSPS) is 12.0. The molecule has 1 atom stereocenters. The number of pyridine rings is 1. The Kier molecular flexibility index (Phi) is 6.82. The smallest absolute Gasteiger partial charge is 0.254 e. The quantitative estimate of drug-likeness (QED) is 0.806. The standard InChI is InChI=1S/C19H24N2O2S/c1-13-6-7-17(15(3)11-13)24-19-16(5-4-9-20-19)18(23)21-12-14(2)8-10-22/h4-7,9,11,14,22H,8,10,12H2,1-3H3,(H,21,23). The summed E-state index contributed by atoms with van der Waals surface area (Å²) >= 11 is 1.51. The van der Waals surface area contributed by atoms with Crippen LogP contribution in [0.2, 0.25) is 0 Å². The Balaban J connectivity index is 2.13. The number of nitrogens with zero attached hydrogens (tertiary/aromatic N) is 1. The molecule has 0 aliphatic heterocycles. The molecule has 1 amide bonds. The molecular formula is C19H24N2O2S. The Morgan fingerprint density at radius 2 is 2.12 bits per heavy atom. The molecule has 0 bridgehead atoms. The molecule has 0 saturated heterocycles. The fourth-order valence-electron chi connectivity index (χ4n) is 2.35. The van der Waals surface area contributed by atoms with Gasteiger partial charge >= 0.3 is 0 Å². The van der Waals surface area contributed by atoms with Gasteiger partial charge < -0.3 is 10.4 Å². The highest BCUT2D eigenvalue weighted by Crippen LogP contribution is 2.31. The van der Waals surface area contributed by atoms with Crippen LogP contribution < -0.4 is 5.32 Å². The number of nitrogens with one attached hydrogen (secondary N) is 1. The van der Waals surface area contributed by atoms with Crippen molar-refractivity contribution in [3.05, 3.63) is 53.2 Å². The predicted octanol–water partition coefficient (Wildman–Crippen LogP) is 3.60. The molecule has 0 fully saturated rings. The molecule has 4 nitrogen and oxygen atoms in total.